The molecule has 4 heterocycles. The van der Waals surface area contributed by atoms with Gasteiger partial charge < -0.3 is 10.2 Å². The summed E-state index contributed by atoms with van der Waals surface area (Å²) in [5, 5.41) is 7.33. The second-order valence-electron chi connectivity index (χ2n) is 8.08. The Bertz CT molecular complexity index is 993. The lowest BCUT2D eigenvalue weighted by Crippen LogP contribution is -2.45. The number of anilines is 2. The van der Waals surface area contributed by atoms with Crippen LogP contribution in [0.4, 0.5) is 16.2 Å². The van der Waals surface area contributed by atoms with Gasteiger partial charge in [-0.25, -0.2) is 19.3 Å². The van der Waals surface area contributed by atoms with E-state index in [1.165, 1.54) is 6.20 Å². The van der Waals surface area contributed by atoms with Crippen LogP contribution in [0.3, 0.4) is 0 Å². The van der Waals surface area contributed by atoms with Crippen LogP contribution in [0.15, 0.2) is 36.9 Å². The summed E-state index contributed by atoms with van der Waals surface area (Å²) in [6.45, 7) is 12.6. The number of nitrogens with zero attached hydrogens (tertiary/aromatic N) is 7. The Balaban J connectivity index is 1.41. The van der Waals surface area contributed by atoms with Gasteiger partial charge in [-0.05, 0) is 32.0 Å². The van der Waals surface area contributed by atoms with Crippen molar-refractivity contribution in [1.82, 2.24) is 34.5 Å². The molecule has 164 valence electrons. The molecule has 0 bridgehead atoms. The third-order valence-electron chi connectivity index (χ3n) is 5.53. The van der Waals surface area contributed by atoms with Gasteiger partial charge in [0.15, 0.2) is 5.82 Å². The molecule has 0 aliphatic carbocycles. The van der Waals surface area contributed by atoms with Gasteiger partial charge in [0, 0.05) is 56.7 Å². The summed E-state index contributed by atoms with van der Waals surface area (Å²) in [6, 6.07) is 4.15. The molecular formula is C22H29FN8. The Morgan fingerprint density at radius 3 is 2.45 bits per heavy atom. The molecule has 8 nitrogen and oxygen atoms in total. The van der Waals surface area contributed by atoms with Crippen LogP contribution >= 0.6 is 0 Å². The van der Waals surface area contributed by atoms with Crippen molar-refractivity contribution < 1.29 is 4.39 Å². The van der Waals surface area contributed by atoms with Crippen LogP contribution in [0.1, 0.15) is 32.4 Å². The molecule has 1 N–H and O–H groups in total. The van der Waals surface area contributed by atoms with Gasteiger partial charge in [0.2, 0.25) is 5.95 Å². The first-order chi connectivity index (χ1) is 15.0. The van der Waals surface area contributed by atoms with Crippen molar-refractivity contribution in [3.8, 4) is 11.3 Å². The molecule has 3 aromatic heterocycles. The average molecular weight is 425 g/mol. The van der Waals surface area contributed by atoms with Gasteiger partial charge in [-0.1, -0.05) is 13.0 Å². The van der Waals surface area contributed by atoms with Gasteiger partial charge in [-0.15, -0.1) is 0 Å². The molecule has 0 spiro atoms. The third-order valence-corrected chi connectivity index (χ3v) is 5.53. The second-order valence-corrected chi connectivity index (χ2v) is 8.08. The SMILES string of the molecule is CCN1CCN(Cc2ccc(Nc3ncc(F)c(-c4cnn(C(C)C)c4)n3)nc2)CC1. The van der Waals surface area contributed by atoms with Crippen LogP contribution in [0.5, 0.6) is 0 Å². The van der Waals surface area contributed by atoms with E-state index in [1.807, 2.05) is 26.1 Å². The lowest BCUT2D eigenvalue weighted by Gasteiger charge is -2.33. The number of pyridine rings is 1. The van der Waals surface area contributed by atoms with E-state index in [0.717, 1.165) is 44.8 Å². The summed E-state index contributed by atoms with van der Waals surface area (Å²) < 4.78 is 16.1. The average Bonchev–Trinajstić information content (AvgIpc) is 3.27. The van der Waals surface area contributed by atoms with Crippen LogP contribution in [-0.2, 0) is 6.54 Å². The topological polar surface area (TPSA) is 75.0 Å². The number of piperazine rings is 1. The minimum Gasteiger partial charge on any atom is -0.309 e. The first kappa shape index (κ1) is 21.3. The van der Waals surface area contributed by atoms with E-state index in [9.17, 15) is 4.39 Å². The molecule has 3 aromatic rings. The molecular weight excluding hydrogens is 395 g/mol. The van der Waals surface area contributed by atoms with Gasteiger partial charge in [0.1, 0.15) is 11.5 Å². The maximum atomic E-state index is 14.3. The predicted octanol–water partition coefficient (Wildman–Crippen LogP) is 3.34. The minimum atomic E-state index is -0.486. The second kappa shape index (κ2) is 9.49. The maximum Gasteiger partial charge on any atom is 0.229 e. The van der Waals surface area contributed by atoms with E-state index in [-0.39, 0.29) is 11.7 Å². The van der Waals surface area contributed by atoms with Crippen molar-refractivity contribution in [3.05, 3.63) is 48.3 Å². The summed E-state index contributed by atoms with van der Waals surface area (Å²) in [6.07, 6.45) is 6.43. The van der Waals surface area contributed by atoms with E-state index < -0.39 is 5.82 Å². The Morgan fingerprint density at radius 2 is 1.81 bits per heavy atom. The Kier molecular flexibility index (Phi) is 6.53. The summed E-state index contributed by atoms with van der Waals surface area (Å²) in [5.74, 6) is 0.431. The normalized spacial score (nSPS) is 15.5. The van der Waals surface area contributed by atoms with Gasteiger partial charge in [0.05, 0.1) is 12.4 Å². The van der Waals surface area contributed by atoms with Crippen molar-refractivity contribution in [3.63, 3.8) is 0 Å². The standard InChI is InChI=1S/C22H29FN8/c1-4-29-7-9-30(10-8-29)14-17-5-6-20(24-11-17)27-22-25-13-19(23)21(28-22)18-12-26-31(15-18)16(2)3/h5-6,11-13,15-16H,4,7-10,14H2,1-3H3,(H,24,25,27,28). The Labute approximate surface area is 182 Å². The zero-order valence-corrected chi connectivity index (χ0v) is 18.3. The molecule has 1 saturated heterocycles. The predicted molar refractivity (Wildman–Crippen MR) is 119 cm³/mol. The number of nitrogens with one attached hydrogen (secondary N) is 1. The molecule has 31 heavy (non-hydrogen) atoms. The van der Waals surface area contributed by atoms with Gasteiger partial charge in [-0.2, -0.15) is 5.10 Å². The monoisotopic (exact) mass is 424 g/mol. The van der Waals surface area contributed by atoms with Gasteiger partial charge in [-0.3, -0.25) is 9.58 Å². The van der Waals surface area contributed by atoms with Crippen molar-refractivity contribution in [2.45, 2.75) is 33.4 Å². The molecule has 1 aliphatic rings. The molecule has 1 aliphatic heterocycles. The molecule has 4 rings (SSSR count). The Hall–Kier alpha value is -2.91. The first-order valence-corrected chi connectivity index (χ1v) is 10.8. The zero-order chi connectivity index (χ0) is 21.8. The van der Waals surface area contributed by atoms with Gasteiger partial charge in [0.25, 0.3) is 0 Å². The highest BCUT2D eigenvalue weighted by atomic mass is 19.1. The van der Waals surface area contributed by atoms with E-state index >= 15 is 0 Å². The summed E-state index contributed by atoms with van der Waals surface area (Å²) >= 11 is 0. The van der Waals surface area contributed by atoms with Crippen LogP contribution in [0.25, 0.3) is 11.3 Å². The van der Waals surface area contributed by atoms with Crippen LogP contribution in [0.2, 0.25) is 0 Å². The third kappa shape index (κ3) is 5.23. The fourth-order valence-corrected chi connectivity index (χ4v) is 3.60. The molecule has 0 radical (unpaired) electrons. The van der Waals surface area contributed by atoms with E-state index in [1.54, 1.807) is 17.1 Å². The Morgan fingerprint density at radius 1 is 1.03 bits per heavy atom. The lowest BCUT2D eigenvalue weighted by atomic mass is 10.2. The smallest absolute Gasteiger partial charge is 0.229 e. The molecule has 0 atom stereocenters. The number of likely N-dealkylation sites (N-methyl/N-ethyl adjacent to an activating group) is 1. The number of aromatic nitrogens is 5. The lowest BCUT2D eigenvalue weighted by molar-refractivity contribution is 0.132. The molecule has 9 heteroatoms. The molecule has 0 aromatic carbocycles. The van der Waals surface area contributed by atoms with Crippen LogP contribution < -0.4 is 5.32 Å². The molecule has 0 amide bonds. The fraction of sp³-hybridized carbons (Fsp3) is 0.455. The van der Waals surface area contributed by atoms with E-state index in [2.05, 4.69) is 48.2 Å². The number of hydrogen-bond acceptors (Lipinski definition) is 7. The minimum absolute atomic E-state index is 0.189. The number of rotatable bonds is 7. The van der Waals surface area contributed by atoms with Crippen LogP contribution in [0, 0.1) is 5.82 Å². The first-order valence-electron chi connectivity index (χ1n) is 10.8. The number of halogens is 1. The maximum absolute atomic E-state index is 14.3. The highest BCUT2D eigenvalue weighted by Gasteiger charge is 2.16. The quantitative estimate of drug-likeness (QED) is 0.623. The number of hydrogen-bond donors (Lipinski definition) is 1. The van der Waals surface area contributed by atoms with E-state index in [4.69, 9.17) is 0 Å². The van der Waals surface area contributed by atoms with Crippen molar-refractivity contribution in [2.24, 2.45) is 0 Å². The summed E-state index contributed by atoms with van der Waals surface area (Å²) in [7, 11) is 0. The zero-order valence-electron chi connectivity index (χ0n) is 18.3. The highest BCUT2D eigenvalue weighted by molar-refractivity contribution is 5.60. The van der Waals surface area contributed by atoms with Crippen molar-refractivity contribution in [2.75, 3.05) is 38.0 Å². The van der Waals surface area contributed by atoms with Crippen molar-refractivity contribution >= 4 is 11.8 Å². The van der Waals surface area contributed by atoms with Crippen molar-refractivity contribution in [1.29, 1.82) is 0 Å². The molecule has 1 fully saturated rings. The molecule has 0 unspecified atom stereocenters. The van der Waals surface area contributed by atoms with E-state index in [0.29, 0.717) is 17.3 Å². The van der Waals surface area contributed by atoms with Gasteiger partial charge >= 0.3 is 0 Å². The summed E-state index contributed by atoms with van der Waals surface area (Å²) in [5.41, 5.74) is 1.99. The highest BCUT2D eigenvalue weighted by Crippen LogP contribution is 2.23. The summed E-state index contributed by atoms with van der Waals surface area (Å²) in [4.78, 5) is 17.8. The largest absolute Gasteiger partial charge is 0.309 e. The van der Waals surface area contributed by atoms with Crippen LogP contribution in [-0.4, -0.2) is 67.3 Å². The fourth-order valence-electron chi connectivity index (χ4n) is 3.60. The molecule has 0 saturated carbocycles.